The summed E-state index contributed by atoms with van der Waals surface area (Å²) in [4.78, 5) is 43.0. The Balaban J connectivity index is 0.745. The molecular weight excluding hydrogens is 988 g/mol. The van der Waals surface area contributed by atoms with Crippen LogP contribution < -0.4 is 23.2 Å². The number of nitriles is 1. The smallest absolute Gasteiger partial charge is 0.331 e. The summed E-state index contributed by atoms with van der Waals surface area (Å²) in [5, 5.41) is 20.0. The molecule has 0 amide bonds. The lowest BCUT2D eigenvalue weighted by Gasteiger charge is -2.42. The van der Waals surface area contributed by atoms with Crippen LogP contribution in [0.1, 0.15) is 49.1 Å². The first kappa shape index (κ1) is 51.6. The number of aromatic nitrogens is 6. The van der Waals surface area contributed by atoms with Gasteiger partial charge in [0.05, 0.1) is 28.6 Å². The van der Waals surface area contributed by atoms with Crippen LogP contribution in [0.15, 0.2) is 211 Å². The fourth-order valence-corrected chi connectivity index (χ4v) is 11.9. The maximum Gasteiger partial charge on any atom is 0.331 e. The summed E-state index contributed by atoms with van der Waals surface area (Å²) < 4.78 is 19.5. The Hall–Kier alpha value is -7.92. The van der Waals surface area contributed by atoms with Crippen molar-refractivity contribution in [3.63, 3.8) is 0 Å². The third kappa shape index (κ3) is 13.1. The van der Waals surface area contributed by atoms with Crippen molar-refractivity contribution < 1.29 is 42.5 Å². The third-order valence-electron chi connectivity index (χ3n) is 13.9. The van der Waals surface area contributed by atoms with Crippen molar-refractivity contribution in [3.8, 4) is 34.0 Å². The topological polar surface area (TPSA) is 163 Å². The molecule has 0 spiro atoms. The Morgan fingerprint density at radius 2 is 1.38 bits per heavy atom. The van der Waals surface area contributed by atoms with Crippen LogP contribution in [-0.4, -0.2) is 54.8 Å². The van der Waals surface area contributed by atoms with E-state index in [1.807, 2.05) is 67.0 Å². The summed E-state index contributed by atoms with van der Waals surface area (Å²) in [6.45, 7) is 2.25. The van der Waals surface area contributed by atoms with Crippen LogP contribution in [0.4, 0.5) is 5.69 Å². The van der Waals surface area contributed by atoms with Gasteiger partial charge in [-0.3, -0.25) is 9.55 Å². The zero-order valence-electron chi connectivity index (χ0n) is 42.0. The SMILES string of the molecule is N#C/C(=C\C(=O)O)CCCN1c2ccccc2SC2C=C(CCCCc3cc4cccnc4cc3-[n+]3ccc(-c4cc[n+](Cc5cccc(C[n+]6ccc(-c7cc[n+](CCP(=O)(O)O)cc7)cc6)n5)cc4)cc3)C=CC21. The Morgan fingerprint density at radius 3 is 2.03 bits per heavy atom. The number of carboxylic acid groups (broad SMARTS) is 1. The molecule has 0 radical (unpaired) electrons. The van der Waals surface area contributed by atoms with Crippen LogP contribution in [0, 0.1) is 11.3 Å². The number of hydrogen-bond donors (Lipinski definition) is 3. The summed E-state index contributed by atoms with van der Waals surface area (Å²) in [6.07, 6.45) is 31.1. The quantitative estimate of drug-likeness (QED) is 0.0221. The highest BCUT2D eigenvalue weighted by molar-refractivity contribution is 8.00. The minimum atomic E-state index is -4.04. The second-order valence-corrected chi connectivity index (χ2v) is 22.3. The molecule has 15 heteroatoms. The van der Waals surface area contributed by atoms with Crippen molar-refractivity contribution in [2.75, 3.05) is 17.6 Å². The summed E-state index contributed by atoms with van der Waals surface area (Å²) in [5.41, 5.74) is 12.5. The molecule has 10 rings (SSSR count). The molecule has 1 aliphatic heterocycles. The minimum absolute atomic E-state index is 0.182. The van der Waals surface area contributed by atoms with Crippen molar-refractivity contribution in [2.24, 2.45) is 0 Å². The average Bonchev–Trinajstić information content (AvgIpc) is 3.46. The number of aryl methyl sites for hydroxylation is 2. The first-order chi connectivity index (χ1) is 37.0. The molecule has 2 aliphatic rings. The highest BCUT2D eigenvalue weighted by atomic mass is 32.2. The largest absolute Gasteiger partial charge is 0.478 e. The van der Waals surface area contributed by atoms with Crippen molar-refractivity contribution >= 4 is 41.9 Å². The number of rotatable bonds is 20. The third-order valence-corrected chi connectivity index (χ3v) is 16.0. The number of aliphatic carboxylic acids is 1. The maximum absolute atomic E-state index is 11.3. The van der Waals surface area contributed by atoms with Crippen LogP contribution in [0.25, 0.3) is 38.8 Å². The number of anilines is 1. The maximum atomic E-state index is 11.3. The first-order valence-electron chi connectivity index (χ1n) is 25.6. The zero-order chi connectivity index (χ0) is 52.4. The molecule has 3 N–H and O–H groups in total. The van der Waals surface area contributed by atoms with Gasteiger partial charge in [0.2, 0.25) is 5.69 Å². The van der Waals surface area contributed by atoms with Crippen molar-refractivity contribution in [1.82, 2.24) is 9.97 Å². The standard InChI is InChI=1S/C61H56N8O5PS/c62-42-46(39-61(70)71)9-7-27-69-56-14-3-4-15-59(56)76-60-38-45(16-17-57(60)69)8-1-2-10-52-40-51-11-6-26-63-55(51)41-58(52)68-34-24-50(25-35-68)49-22-32-67(33-23-49)44-54-13-5-12-53(64-54)43-66-30-20-48(21-31-66)47-18-28-65(29-19-47)36-37-75(72,73)74/h3-6,11-26,28-35,38-41,57,60H,1-2,7-10,27,36-37,43-44H2/q+1/p+3/b46-39-. The number of carbonyl (C=O) groups is 1. The zero-order valence-corrected chi connectivity index (χ0v) is 43.7. The molecule has 8 aromatic rings. The lowest BCUT2D eigenvalue weighted by atomic mass is 9.95. The van der Waals surface area contributed by atoms with Gasteiger partial charge in [-0.05, 0) is 97.2 Å². The van der Waals surface area contributed by atoms with Gasteiger partial charge < -0.3 is 19.8 Å². The van der Waals surface area contributed by atoms with Crippen molar-refractivity contribution in [1.29, 1.82) is 5.26 Å². The number of benzene rings is 2. The van der Waals surface area contributed by atoms with E-state index in [1.165, 1.54) is 21.7 Å². The number of thioether (sulfide) groups is 1. The Morgan fingerprint density at radius 1 is 0.750 bits per heavy atom. The summed E-state index contributed by atoms with van der Waals surface area (Å²) >= 11 is 1.91. The fraction of sp³-hybridized carbons (Fsp3) is 0.213. The summed E-state index contributed by atoms with van der Waals surface area (Å²) in [7, 11) is -4.04. The fourth-order valence-electron chi connectivity index (χ4n) is 10.0. The van der Waals surface area contributed by atoms with Gasteiger partial charge in [-0.25, -0.2) is 14.3 Å². The highest BCUT2D eigenvalue weighted by Gasteiger charge is 2.34. The molecule has 2 aromatic carbocycles. The number of pyridine rings is 6. The normalized spacial score (nSPS) is 15.2. The molecule has 7 heterocycles. The lowest BCUT2D eigenvalue weighted by Crippen LogP contribution is -2.45. The molecule has 0 saturated carbocycles. The highest BCUT2D eigenvalue weighted by Crippen LogP contribution is 2.45. The van der Waals surface area contributed by atoms with Crippen LogP contribution >= 0.6 is 19.4 Å². The van der Waals surface area contributed by atoms with E-state index in [-0.39, 0.29) is 24.0 Å². The molecule has 76 heavy (non-hydrogen) atoms. The number of carboxylic acids is 1. The van der Waals surface area contributed by atoms with Crippen LogP contribution in [0.5, 0.6) is 0 Å². The van der Waals surface area contributed by atoms with Crippen LogP contribution in [0.2, 0.25) is 0 Å². The molecule has 1 aliphatic carbocycles. The molecule has 380 valence electrons. The van der Waals surface area contributed by atoms with E-state index >= 15 is 0 Å². The number of hydrogen-bond acceptors (Lipinski definition) is 7. The number of unbranched alkanes of at least 4 members (excludes halogenated alkanes) is 1. The molecule has 13 nitrogen and oxygen atoms in total. The minimum Gasteiger partial charge on any atom is -0.478 e. The average molecular weight is 1050 g/mol. The van der Waals surface area contributed by atoms with Gasteiger partial charge in [-0.1, -0.05) is 48.1 Å². The van der Waals surface area contributed by atoms with E-state index < -0.39 is 13.6 Å². The second kappa shape index (κ2) is 23.7. The molecule has 2 atom stereocenters. The van der Waals surface area contributed by atoms with Gasteiger partial charge in [0, 0.05) is 94.8 Å². The molecule has 2 unspecified atom stereocenters. The van der Waals surface area contributed by atoms with Crippen LogP contribution in [0.3, 0.4) is 0 Å². The van der Waals surface area contributed by atoms with Gasteiger partial charge in [-0.2, -0.15) is 19.0 Å². The van der Waals surface area contributed by atoms with E-state index in [2.05, 4.69) is 159 Å². The first-order valence-corrected chi connectivity index (χ1v) is 28.3. The Bertz CT molecular complexity index is 3560. The van der Waals surface area contributed by atoms with Crippen molar-refractivity contribution in [3.05, 3.63) is 223 Å². The molecule has 0 fully saturated rings. The number of allylic oxidation sites excluding steroid dienone is 3. The van der Waals surface area contributed by atoms with Gasteiger partial charge in [0.25, 0.3) is 0 Å². The van der Waals surface area contributed by atoms with Crippen molar-refractivity contribution in [2.45, 2.75) is 74.3 Å². The van der Waals surface area contributed by atoms with Gasteiger partial charge >= 0.3 is 13.6 Å². The Kier molecular flexibility index (Phi) is 16.1. The second-order valence-electron chi connectivity index (χ2n) is 19.3. The van der Waals surface area contributed by atoms with E-state index in [9.17, 15) is 29.5 Å². The predicted molar refractivity (Wildman–Crippen MR) is 293 cm³/mol. The summed E-state index contributed by atoms with van der Waals surface area (Å²) in [5.74, 6) is -1.08. The Labute approximate surface area is 446 Å². The van der Waals surface area contributed by atoms with E-state index in [4.69, 9.17) is 9.97 Å². The summed E-state index contributed by atoms with van der Waals surface area (Å²) in [6, 6.07) is 42.2. The van der Waals surface area contributed by atoms with E-state index in [0.29, 0.717) is 31.5 Å². The number of nitrogens with zero attached hydrogens (tertiary/aromatic N) is 8. The lowest BCUT2D eigenvalue weighted by molar-refractivity contribution is -0.692. The molecule has 0 saturated heterocycles. The molecular formula is C61H59N8O5PS+4. The van der Waals surface area contributed by atoms with E-state index in [1.54, 1.807) is 4.57 Å². The van der Waals surface area contributed by atoms with Crippen LogP contribution in [-0.2, 0) is 35.4 Å². The number of fused-ring (bicyclic) bond motifs is 3. The predicted octanol–water partition coefficient (Wildman–Crippen LogP) is 9.25. The van der Waals surface area contributed by atoms with Gasteiger partial charge in [0.15, 0.2) is 69.2 Å². The monoisotopic (exact) mass is 1050 g/mol. The van der Waals surface area contributed by atoms with E-state index in [0.717, 1.165) is 88.5 Å². The molecule has 0 bridgehead atoms. The molecule has 6 aromatic heterocycles. The van der Waals surface area contributed by atoms with Gasteiger partial charge in [-0.15, -0.1) is 11.8 Å². The van der Waals surface area contributed by atoms with Gasteiger partial charge in [0.1, 0.15) is 17.5 Å². The number of para-hydroxylation sites is 1.